The van der Waals surface area contributed by atoms with Crippen LogP contribution in [0.2, 0.25) is 0 Å². The Balaban J connectivity index is 1.48. The van der Waals surface area contributed by atoms with E-state index in [2.05, 4.69) is 10.2 Å². The lowest BCUT2D eigenvalue weighted by molar-refractivity contribution is 0.533. The van der Waals surface area contributed by atoms with Crippen molar-refractivity contribution in [2.45, 2.75) is 17.6 Å². The Kier molecular flexibility index (Phi) is 4.67. The van der Waals surface area contributed by atoms with Crippen LogP contribution in [0.5, 0.6) is 0 Å². The van der Waals surface area contributed by atoms with Gasteiger partial charge in [-0.3, -0.25) is 0 Å². The molecular formula is C24H18N2O4S. The number of hydrogen-bond acceptors (Lipinski definition) is 6. The second-order valence-electron chi connectivity index (χ2n) is 7.26. The molecule has 0 amide bonds. The molecule has 31 heavy (non-hydrogen) atoms. The highest BCUT2D eigenvalue weighted by atomic mass is 32.2. The van der Waals surface area contributed by atoms with Crippen molar-refractivity contribution in [3.8, 4) is 22.6 Å². The predicted octanol–water partition coefficient (Wildman–Crippen LogP) is 5.43. The molecule has 3 aromatic carbocycles. The van der Waals surface area contributed by atoms with Gasteiger partial charge in [0.1, 0.15) is 5.58 Å². The molecule has 0 unspecified atom stereocenters. The Bertz CT molecular complexity index is 1470. The number of sulfone groups is 1. The molecule has 5 rings (SSSR count). The van der Waals surface area contributed by atoms with Gasteiger partial charge >= 0.3 is 0 Å². The van der Waals surface area contributed by atoms with Gasteiger partial charge in [-0.25, -0.2) is 8.42 Å². The predicted molar refractivity (Wildman–Crippen MR) is 117 cm³/mol. The molecule has 0 aliphatic rings. The van der Waals surface area contributed by atoms with Gasteiger partial charge in [0.25, 0.3) is 0 Å². The highest BCUT2D eigenvalue weighted by Crippen LogP contribution is 2.34. The number of rotatable bonds is 5. The number of hydrogen-bond donors (Lipinski definition) is 0. The average molecular weight is 430 g/mol. The smallest absolute Gasteiger partial charge is 0.247 e. The monoisotopic (exact) mass is 430 g/mol. The van der Waals surface area contributed by atoms with Crippen molar-refractivity contribution in [2.75, 3.05) is 0 Å². The van der Waals surface area contributed by atoms with Gasteiger partial charge in [0, 0.05) is 23.4 Å². The molecule has 7 heteroatoms. The summed E-state index contributed by atoms with van der Waals surface area (Å²) < 4.78 is 36.8. The van der Waals surface area contributed by atoms with Crippen LogP contribution in [0.3, 0.4) is 0 Å². The summed E-state index contributed by atoms with van der Waals surface area (Å²) in [5.41, 5.74) is 3.99. The van der Waals surface area contributed by atoms with Gasteiger partial charge in [0.2, 0.25) is 11.8 Å². The van der Waals surface area contributed by atoms with E-state index in [9.17, 15) is 8.42 Å². The van der Waals surface area contributed by atoms with Crippen molar-refractivity contribution >= 4 is 20.8 Å². The molecule has 5 aromatic rings. The van der Waals surface area contributed by atoms with Gasteiger partial charge < -0.3 is 8.83 Å². The van der Waals surface area contributed by atoms with Crippen molar-refractivity contribution in [2.24, 2.45) is 0 Å². The van der Waals surface area contributed by atoms with Gasteiger partial charge in [-0.1, -0.05) is 42.5 Å². The standard InChI is InChI=1S/C24H18N2O4S/c1-16-25-26-24(30-16)19-9-12-23-21(13-19)22(14-29-23)18-7-10-20(11-8-18)31(27,28)15-17-5-3-2-4-6-17/h2-14H,15H2,1H3. The summed E-state index contributed by atoms with van der Waals surface area (Å²) >= 11 is 0. The first-order valence-electron chi connectivity index (χ1n) is 9.68. The zero-order chi connectivity index (χ0) is 21.4. The molecule has 0 radical (unpaired) electrons. The number of nitrogens with zero attached hydrogens (tertiary/aromatic N) is 2. The Morgan fingerprint density at radius 1 is 0.871 bits per heavy atom. The van der Waals surface area contributed by atoms with E-state index in [0.717, 1.165) is 33.2 Å². The Morgan fingerprint density at radius 3 is 2.32 bits per heavy atom. The van der Waals surface area contributed by atoms with Crippen LogP contribution in [0.25, 0.3) is 33.6 Å². The van der Waals surface area contributed by atoms with Crippen LogP contribution < -0.4 is 0 Å². The molecule has 2 heterocycles. The fraction of sp³-hybridized carbons (Fsp3) is 0.0833. The highest BCUT2D eigenvalue weighted by molar-refractivity contribution is 7.90. The first-order valence-corrected chi connectivity index (χ1v) is 11.3. The lowest BCUT2D eigenvalue weighted by Crippen LogP contribution is -2.04. The van der Waals surface area contributed by atoms with E-state index < -0.39 is 9.84 Å². The third kappa shape index (κ3) is 3.75. The SMILES string of the molecule is Cc1nnc(-c2ccc3occ(-c4ccc(S(=O)(=O)Cc5ccccc5)cc4)c3c2)o1. The van der Waals surface area contributed by atoms with Crippen molar-refractivity contribution in [3.05, 3.63) is 90.5 Å². The van der Waals surface area contributed by atoms with Crippen LogP contribution >= 0.6 is 0 Å². The van der Waals surface area contributed by atoms with E-state index in [0.29, 0.717) is 11.8 Å². The maximum absolute atomic E-state index is 12.8. The quantitative estimate of drug-likeness (QED) is 0.369. The summed E-state index contributed by atoms with van der Waals surface area (Å²) in [6, 6.07) is 21.7. The van der Waals surface area contributed by atoms with Crippen LogP contribution in [0.4, 0.5) is 0 Å². The Morgan fingerprint density at radius 2 is 1.61 bits per heavy atom. The molecule has 0 fully saturated rings. The summed E-state index contributed by atoms with van der Waals surface area (Å²) in [5, 5.41) is 8.83. The van der Waals surface area contributed by atoms with Gasteiger partial charge in [-0.2, -0.15) is 0 Å². The van der Waals surface area contributed by atoms with E-state index in [-0.39, 0.29) is 10.6 Å². The van der Waals surface area contributed by atoms with Crippen LogP contribution in [-0.2, 0) is 15.6 Å². The molecule has 0 spiro atoms. The summed E-state index contributed by atoms with van der Waals surface area (Å²) in [4.78, 5) is 0.287. The summed E-state index contributed by atoms with van der Waals surface area (Å²) in [6.45, 7) is 1.74. The molecule has 0 aliphatic carbocycles. The Labute approximate surface area is 179 Å². The minimum atomic E-state index is -3.43. The fourth-order valence-electron chi connectivity index (χ4n) is 3.52. The number of furan rings is 1. The number of aromatic nitrogens is 2. The second kappa shape index (κ2) is 7.52. The number of aryl methyl sites for hydroxylation is 1. The van der Waals surface area contributed by atoms with Crippen LogP contribution in [-0.4, -0.2) is 18.6 Å². The first kappa shape index (κ1) is 19.3. The molecule has 0 bridgehead atoms. The topological polar surface area (TPSA) is 86.2 Å². The third-order valence-electron chi connectivity index (χ3n) is 5.07. The number of fused-ring (bicyclic) bond motifs is 1. The summed E-state index contributed by atoms with van der Waals surface area (Å²) in [5.74, 6) is 0.901. The van der Waals surface area contributed by atoms with Gasteiger partial charge in [-0.05, 0) is 41.5 Å². The zero-order valence-corrected chi connectivity index (χ0v) is 17.5. The van der Waals surface area contributed by atoms with Crippen molar-refractivity contribution in [3.63, 3.8) is 0 Å². The van der Waals surface area contributed by atoms with Crippen molar-refractivity contribution in [1.82, 2.24) is 10.2 Å². The molecule has 0 N–H and O–H groups in total. The summed E-state index contributed by atoms with van der Waals surface area (Å²) in [6.07, 6.45) is 1.67. The molecule has 0 saturated heterocycles. The molecule has 6 nitrogen and oxygen atoms in total. The minimum absolute atomic E-state index is 0.0329. The van der Waals surface area contributed by atoms with Crippen molar-refractivity contribution < 1.29 is 17.3 Å². The Hall–Kier alpha value is -3.71. The maximum Gasteiger partial charge on any atom is 0.247 e. The molecule has 2 aromatic heterocycles. The molecule has 0 aliphatic heterocycles. The minimum Gasteiger partial charge on any atom is -0.464 e. The van der Waals surface area contributed by atoms with E-state index in [4.69, 9.17) is 8.83 Å². The first-order chi connectivity index (χ1) is 15.0. The lowest BCUT2D eigenvalue weighted by atomic mass is 10.0. The maximum atomic E-state index is 12.8. The van der Waals surface area contributed by atoms with Crippen LogP contribution in [0, 0.1) is 6.92 Å². The normalized spacial score (nSPS) is 11.8. The molecule has 0 saturated carbocycles. The third-order valence-corrected chi connectivity index (χ3v) is 6.77. The van der Waals surface area contributed by atoms with Crippen LogP contribution in [0.15, 0.2) is 92.8 Å². The molecular weight excluding hydrogens is 412 g/mol. The van der Waals surface area contributed by atoms with Gasteiger partial charge in [0.15, 0.2) is 9.84 Å². The van der Waals surface area contributed by atoms with Gasteiger partial charge in [0.05, 0.1) is 16.9 Å². The van der Waals surface area contributed by atoms with E-state index in [1.165, 1.54) is 0 Å². The largest absolute Gasteiger partial charge is 0.464 e. The average Bonchev–Trinajstić information content (AvgIpc) is 3.40. The molecule has 154 valence electrons. The van der Waals surface area contributed by atoms with Crippen LogP contribution in [0.1, 0.15) is 11.5 Å². The summed E-state index contributed by atoms with van der Waals surface area (Å²) in [7, 11) is -3.43. The lowest BCUT2D eigenvalue weighted by Gasteiger charge is -2.06. The molecule has 0 atom stereocenters. The van der Waals surface area contributed by atoms with E-state index in [1.807, 2.05) is 48.5 Å². The van der Waals surface area contributed by atoms with Crippen molar-refractivity contribution in [1.29, 1.82) is 0 Å². The number of benzene rings is 3. The van der Waals surface area contributed by atoms with Gasteiger partial charge in [-0.15, -0.1) is 10.2 Å². The van der Waals surface area contributed by atoms with E-state index in [1.54, 1.807) is 37.5 Å². The van der Waals surface area contributed by atoms with E-state index >= 15 is 0 Å². The highest BCUT2D eigenvalue weighted by Gasteiger charge is 2.17. The zero-order valence-electron chi connectivity index (χ0n) is 16.6. The fourth-order valence-corrected chi connectivity index (χ4v) is 4.87. The second-order valence-corrected chi connectivity index (χ2v) is 9.25.